The number of hydrogen-bond donors (Lipinski definition) is 1. The number of hydrogen-bond acceptors (Lipinski definition) is 6. The molecule has 0 bridgehead atoms. The van der Waals surface area contributed by atoms with E-state index in [-0.39, 0.29) is 13.0 Å². The summed E-state index contributed by atoms with van der Waals surface area (Å²) in [6.07, 6.45) is -2.61. The molecule has 6 heteroatoms. The van der Waals surface area contributed by atoms with Crippen LogP contribution in [0.15, 0.2) is 60.7 Å². The molecule has 0 saturated carbocycles. The lowest BCUT2D eigenvalue weighted by Gasteiger charge is -2.33. The van der Waals surface area contributed by atoms with E-state index in [9.17, 15) is 14.7 Å². The molecule has 130 valence electrons. The van der Waals surface area contributed by atoms with E-state index < -0.39 is 30.4 Å². The smallest absolute Gasteiger partial charge is 0.338 e. The van der Waals surface area contributed by atoms with Crippen LogP contribution >= 0.6 is 0 Å². The van der Waals surface area contributed by atoms with Gasteiger partial charge in [-0.3, -0.25) is 0 Å². The molecule has 1 fully saturated rings. The van der Waals surface area contributed by atoms with Gasteiger partial charge < -0.3 is 19.3 Å². The average Bonchev–Trinajstić information content (AvgIpc) is 2.65. The Morgan fingerprint density at radius 1 is 0.840 bits per heavy atom. The predicted octanol–water partition coefficient (Wildman–Crippen LogP) is 2.18. The Hall–Kier alpha value is -2.70. The monoisotopic (exact) mass is 342 g/mol. The van der Waals surface area contributed by atoms with E-state index in [0.29, 0.717) is 11.1 Å². The van der Waals surface area contributed by atoms with Gasteiger partial charge in [-0.1, -0.05) is 36.4 Å². The molecule has 0 amide bonds. The molecule has 1 N–H and O–H groups in total. The van der Waals surface area contributed by atoms with Gasteiger partial charge in [0.1, 0.15) is 6.10 Å². The molecule has 6 nitrogen and oxygen atoms in total. The quantitative estimate of drug-likeness (QED) is 0.858. The largest absolute Gasteiger partial charge is 0.455 e. The summed E-state index contributed by atoms with van der Waals surface area (Å²) in [6.45, 7) is -0.0491. The van der Waals surface area contributed by atoms with Crippen molar-refractivity contribution in [1.82, 2.24) is 0 Å². The van der Waals surface area contributed by atoms with Crippen molar-refractivity contribution in [2.45, 2.75) is 24.9 Å². The van der Waals surface area contributed by atoms with Gasteiger partial charge in [0.15, 0.2) is 12.4 Å². The first-order valence-electron chi connectivity index (χ1n) is 7.95. The maximum absolute atomic E-state index is 12.2. The predicted molar refractivity (Wildman–Crippen MR) is 87.9 cm³/mol. The van der Waals surface area contributed by atoms with Crippen LogP contribution in [0.4, 0.5) is 0 Å². The van der Waals surface area contributed by atoms with Gasteiger partial charge in [0.05, 0.1) is 17.7 Å². The normalized spacial score (nSPS) is 22.8. The molecule has 0 radical (unpaired) electrons. The summed E-state index contributed by atoms with van der Waals surface area (Å²) in [7, 11) is 0. The standard InChI is InChI=1S/C19H18O6/c20-17-11-15(24-18(21)13-7-3-1-4-8-13)16(12-23-17)25-19(22)14-9-5-2-6-10-14/h1-10,15-17,20H,11-12H2. The fourth-order valence-corrected chi connectivity index (χ4v) is 2.53. The summed E-state index contributed by atoms with van der Waals surface area (Å²) in [4.78, 5) is 24.5. The average molecular weight is 342 g/mol. The molecule has 1 heterocycles. The summed E-state index contributed by atoms with van der Waals surface area (Å²) < 4.78 is 16.0. The molecule has 2 aromatic rings. The van der Waals surface area contributed by atoms with Gasteiger partial charge in [-0.05, 0) is 24.3 Å². The first kappa shape index (κ1) is 17.1. The lowest BCUT2D eigenvalue weighted by molar-refractivity contribution is -0.194. The first-order valence-corrected chi connectivity index (χ1v) is 7.95. The molecule has 2 aromatic carbocycles. The van der Waals surface area contributed by atoms with Crippen molar-refractivity contribution in [3.63, 3.8) is 0 Å². The van der Waals surface area contributed by atoms with Crippen molar-refractivity contribution in [2.75, 3.05) is 6.61 Å². The third kappa shape index (κ3) is 4.43. The van der Waals surface area contributed by atoms with Crippen LogP contribution in [0.1, 0.15) is 27.1 Å². The SMILES string of the molecule is O=C(OC1COC(O)CC1OC(=O)c1ccccc1)c1ccccc1. The second-order valence-electron chi connectivity index (χ2n) is 5.64. The summed E-state index contributed by atoms with van der Waals surface area (Å²) >= 11 is 0. The molecule has 3 unspecified atom stereocenters. The van der Waals surface area contributed by atoms with Crippen molar-refractivity contribution in [1.29, 1.82) is 0 Å². The number of aliphatic hydroxyl groups is 1. The van der Waals surface area contributed by atoms with Crippen molar-refractivity contribution in [3.05, 3.63) is 71.8 Å². The molecule has 25 heavy (non-hydrogen) atoms. The molecule has 0 aliphatic carbocycles. The number of carbonyl (C=O) groups is 2. The molecular weight excluding hydrogens is 324 g/mol. The maximum atomic E-state index is 12.2. The minimum absolute atomic E-state index is 0.0330. The third-order valence-corrected chi connectivity index (χ3v) is 3.84. The third-order valence-electron chi connectivity index (χ3n) is 3.84. The van der Waals surface area contributed by atoms with Crippen LogP contribution in [0.3, 0.4) is 0 Å². The zero-order valence-corrected chi connectivity index (χ0v) is 13.4. The van der Waals surface area contributed by atoms with Crippen molar-refractivity contribution < 1.29 is 28.9 Å². The highest BCUT2D eigenvalue weighted by atomic mass is 16.6. The van der Waals surface area contributed by atoms with E-state index >= 15 is 0 Å². The molecule has 0 spiro atoms. The number of aliphatic hydroxyl groups excluding tert-OH is 1. The van der Waals surface area contributed by atoms with Crippen LogP contribution in [0.25, 0.3) is 0 Å². The topological polar surface area (TPSA) is 82.1 Å². The van der Waals surface area contributed by atoms with Gasteiger partial charge in [0, 0.05) is 6.42 Å². The van der Waals surface area contributed by atoms with E-state index in [2.05, 4.69) is 0 Å². The fraction of sp³-hybridized carbons (Fsp3) is 0.263. The Bertz CT molecular complexity index is 715. The van der Waals surface area contributed by atoms with Crippen LogP contribution in [0.5, 0.6) is 0 Å². The number of esters is 2. The van der Waals surface area contributed by atoms with E-state index in [0.717, 1.165) is 0 Å². The lowest BCUT2D eigenvalue weighted by Crippen LogP contribution is -2.46. The molecule has 3 atom stereocenters. The Balaban J connectivity index is 1.68. The summed E-state index contributed by atoms with van der Waals surface area (Å²) in [6, 6.07) is 17.0. The van der Waals surface area contributed by atoms with Gasteiger partial charge in [0.25, 0.3) is 0 Å². The number of carbonyl (C=O) groups excluding carboxylic acids is 2. The van der Waals surface area contributed by atoms with Gasteiger partial charge >= 0.3 is 11.9 Å². The highest BCUT2D eigenvalue weighted by Crippen LogP contribution is 2.21. The minimum atomic E-state index is -1.07. The van der Waals surface area contributed by atoms with Crippen LogP contribution in [0.2, 0.25) is 0 Å². The maximum Gasteiger partial charge on any atom is 0.338 e. The highest BCUT2D eigenvalue weighted by molar-refractivity contribution is 5.90. The Morgan fingerprint density at radius 2 is 1.32 bits per heavy atom. The Kier molecular flexibility index (Phi) is 5.42. The van der Waals surface area contributed by atoms with Crippen molar-refractivity contribution in [3.8, 4) is 0 Å². The summed E-state index contributed by atoms with van der Waals surface area (Å²) in [5, 5.41) is 9.68. The fourth-order valence-electron chi connectivity index (χ4n) is 2.53. The lowest BCUT2D eigenvalue weighted by atomic mass is 10.1. The zero-order valence-electron chi connectivity index (χ0n) is 13.4. The molecule has 1 aliphatic heterocycles. The molecule has 1 saturated heterocycles. The van der Waals surface area contributed by atoms with Gasteiger partial charge in [-0.2, -0.15) is 0 Å². The van der Waals surface area contributed by atoms with E-state index in [4.69, 9.17) is 14.2 Å². The van der Waals surface area contributed by atoms with Crippen LogP contribution in [-0.4, -0.2) is 42.1 Å². The molecule has 1 aliphatic rings. The van der Waals surface area contributed by atoms with Crippen LogP contribution < -0.4 is 0 Å². The number of rotatable bonds is 4. The minimum Gasteiger partial charge on any atom is -0.455 e. The van der Waals surface area contributed by atoms with Crippen LogP contribution in [-0.2, 0) is 14.2 Å². The second kappa shape index (κ2) is 7.92. The molecular formula is C19H18O6. The molecule has 0 aromatic heterocycles. The van der Waals surface area contributed by atoms with Crippen molar-refractivity contribution in [2.24, 2.45) is 0 Å². The van der Waals surface area contributed by atoms with E-state index in [1.807, 2.05) is 0 Å². The summed E-state index contributed by atoms with van der Waals surface area (Å²) in [5.41, 5.74) is 0.776. The Morgan fingerprint density at radius 3 is 1.84 bits per heavy atom. The van der Waals surface area contributed by atoms with Crippen LogP contribution in [0, 0.1) is 0 Å². The van der Waals surface area contributed by atoms with E-state index in [1.54, 1.807) is 60.7 Å². The number of ether oxygens (including phenoxy) is 3. The highest BCUT2D eigenvalue weighted by Gasteiger charge is 2.36. The summed E-state index contributed by atoms with van der Waals surface area (Å²) in [5.74, 6) is -1.08. The molecule has 3 rings (SSSR count). The zero-order chi connectivity index (χ0) is 17.6. The number of benzene rings is 2. The van der Waals surface area contributed by atoms with E-state index in [1.165, 1.54) is 0 Å². The van der Waals surface area contributed by atoms with Gasteiger partial charge in [-0.15, -0.1) is 0 Å². The second-order valence-corrected chi connectivity index (χ2v) is 5.64. The first-order chi connectivity index (χ1) is 12.1. The van der Waals surface area contributed by atoms with Gasteiger partial charge in [-0.25, -0.2) is 9.59 Å². The van der Waals surface area contributed by atoms with Crippen molar-refractivity contribution >= 4 is 11.9 Å². The Labute approximate surface area is 144 Å². The van der Waals surface area contributed by atoms with Gasteiger partial charge in [0.2, 0.25) is 0 Å².